The van der Waals surface area contributed by atoms with Gasteiger partial charge in [-0.15, -0.1) is 0 Å². The van der Waals surface area contributed by atoms with Gasteiger partial charge in [-0.05, 0) is 56.3 Å². The third-order valence-corrected chi connectivity index (χ3v) is 7.47. The van der Waals surface area contributed by atoms with E-state index in [0.717, 1.165) is 63.1 Å². The number of imidazole rings is 1. The Morgan fingerprint density at radius 1 is 0.971 bits per heavy atom. The lowest BCUT2D eigenvalue weighted by molar-refractivity contribution is 0.158. The van der Waals surface area contributed by atoms with E-state index >= 15 is 0 Å². The van der Waals surface area contributed by atoms with Crippen LogP contribution in [0.25, 0.3) is 11.4 Å². The average molecular weight is 473 g/mol. The summed E-state index contributed by atoms with van der Waals surface area (Å²) in [5.74, 6) is 1.74. The van der Waals surface area contributed by atoms with E-state index in [9.17, 15) is 0 Å². The maximum absolute atomic E-state index is 6.56. The predicted octanol–water partition coefficient (Wildman–Crippen LogP) is 5.56. The fourth-order valence-electron chi connectivity index (χ4n) is 5.48. The molecule has 7 heteroatoms. The van der Waals surface area contributed by atoms with Crippen molar-refractivity contribution in [2.75, 3.05) is 13.1 Å². The van der Waals surface area contributed by atoms with Gasteiger partial charge in [-0.2, -0.15) is 5.10 Å². The van der Waals surface area contributed by atoms with Gasteiger partial charge in [0.2, 0.25) is 0 Å². The van der Waals surface area contributed by atoms with Gasteiger partial charge < -0.3 is 4.57 Å². The van der Waals surface area contributed by atoms with E-state index in [2.05, 4.69) is 49.5 Å². The van der Waals surface area contributed by atoms with E-state index in [1.165, 1.54) is 11.3 Å². The lowest BCUT2D eigenvalue weighted by Crippen LogP contribution is -2.37. The molecule has 174 valence electrons. The summed E-state index contributed by atoms with van der Waals surface area (Å²) < 4.78 is 4.51. The normalized spacial score (nSPS) is 20.9. The highest BCUT2D eigenvalue weighted by atomic mass is 35.5. The van der Waals surface area contributed by atoms with Gasteiger partial charge in [0.05, 0.1) is 23.4 Å². The van der Waals surface area contributed by atoms with Crippen LogP contribution in [0.5, 0.6) is 0 Å². The summed E-state index contributed by atoms with van der Waals surface area (Å²) in [6.07, 6.45) is 9.45. The molecule has 4 heterocycles. The van der Waals surface area contributed by atoms with Crippen LogP contribution in [0.4, 0.5) is 0 Å². The molecule has 2 aliphatic rings. The number of hydrogen-bond donors (Lipinski definition) is 0. The topological polar surface area (TPSA) is 51.8 Å². The van der Waals surface area contributed by atoms with E-state index in [4.69, 9.17) is 21.7 Å². The minimum absolute atomic E-state index is 0.152. The first kappa shape index (κ1) is 21.6. The van der Waals surface area contributed by atoms with Crippen molar-refractivity contribution in [3.63, 3.8) is 0 Å². The van der Waals surface area contributed by atoms with Crippen molar-refractivity contribution in [3.05, 3.63) is 89.2 Å². The molecule has 2 aromatic carbocycles. The number of likely N-dealkylation sites (tertiary alicyclic amines) is 1. The van der Waals surface area contributed by atoms with Crippen LogP contribution in [0.15, 0.2) is 67.1 Å². The monoisotopic (exact) mass is 472 g/mol. The molecule has 34 heavy (non-hydrogen) atoms. The third kappa shape index (κ3) is 4.17. The Hall–Kier alpha value is -2.96. The maximum atomic E-state index is 6.56. The number of aryl methyl sites for hydroxylation is 1. The molecule has 6 nitrogen and oxygen atoms in total. The molecule has 0 spiro atoms. The molecule has 2 aromatic heterocycles. The lowest BCUT2D eigenvalue weighted by Gasteiger charge is -2.34. The molecule has 0 saturated carbocycles. The minimum atomic E-state index is 0.152. The van der Waals surface area contributed by atoms with E-state index in [1.807, 2.05) is 36.8 Å². The van der Waals surface area contributed by atoms with E-state index < -0.39 is 0 Å². The molecule has 6 rings (SSSR count). The first-order valence-corrected chi connectivity index (χ1v) is 12.6. The minimum Gasteiger partial charge on any atom is -0.324 e. The molecule has 0 amide bonds. The summed E-state index contributed by atoms with van der Waals surface area (Å²) in [5.41, 5.74) is 3.52. The summed E-state index contributed by atoms with van der Waals surface area (Å²) in [6, 6.07) is 19.0. The van der Waals surface area contributed by atoms with E-state index in [1.54, 1.807) is 0 Å². The summed E-state index contributed by atoms with van der Waals surface area (Å²) >= 11 is 6.56. The van der Waals surface area contributed by atoms with Gasteiger partial charge in [-0.3, -0.25) is 4.90 Å². The molecule has 2 unspecified atom stereocenters. The molecular weight excluding hydrogens is 444 g/mol. The maximum Gasteiger partial charge on any atom is 0.182 e. The largest absolute Gasteiger partial charge is 0.324 e. The van der Waals surface area contributed by atoms with Crippen LogP contribution in [0, 0.1) is 0 Å². The Labute approximate surface area is 205 Å². The Bertz CT molecular complexity index is 1260. The van der Waals surface area contributed by atoms with Gasteiger partial charge in [0.15, 0.2) is 11.6 Å². The Kier molecular flexibility index (Phi) is 5.93. The molecule has 2 aliphatic heterocycles. The molecular formula is C27H29ClN6. The lowest BCUT2D eigenvalue weighted by atomic mass is 10.0. The number of benzene rings is 2. The van der Waals surface area contributed by atoms with Crippen molar-refractivity contribution in [1.82, 2.24) is 29.2 Å². The second kappa shape index (κ2) is 9.35. The summed E-state index contributed by atoms with van der Waals surface area (Å²) in [6.45, 7) is 3.05. The molecule has 1 saturated heterocycles. The SMILES string of the molecule is Clc1ccccc1-c1nc(C2CCCc3cncn32)n(C2CCCN(Cc3ccccc3)C2)n1. The van der Waals surface area contributed by atoms with E-state index in [0.29, 0.717) is 10.8 Å². The zero-order chi connectivity index (χ0) is 22.9. The van der Waals surface area contributed by atoms with Crippen molar-refractivity contribution < 1.29 is 0 Å². The summed E-state index contributed by atoms with van der Waals surface area (Å²) in [5, 5.41) is 5.79. The highest BCUT2D eigenvalue weighted by Gasteiger charge is 2.31. The van der Waals surface area contributed by atoms with Crippen LogP contribution in [0.3, 0.4) is 0 Å². The van der Waals surface area contributed by atoms with Crippen molar-refractivity contribution >= 4 is 11.6 Å². The van der Waals surface area contributed by atoms with Gasteiger partial charge >= 0.3 is 0 Å². The number of nitrogens with zero attached hydrogens (tertiary/aromatic N) is 6. The molecule has 2 atom stereocenters. The van der Waals surface area contributed by atoms with Gasteiger partial charge in [0.1, 0.15) is 0 Å². The molecule has 4 aromatic rings. The fraction of sp³-hybridized carbons (Fsp3) is 0.370. The fourth-order valence-corrected chi connectivity index (χ4v) is 5.70. The Morgan fingerprint density at radius 2 is 1.82 bits per heavy atom. The summed E-state index contributed by atoms with van der Waals surface area (Å²) in [4.78, 5) is 12.1. The second-order valence-corrected chi connectivity index (χ2v) is 9.84. The van der Waals surface area contributed by atoms with E-state index in [-0.39, 0.29) is 12.1 Å². The van der Waals surface area contributed by atoms with Crippen molar-refractivity contribution in [1.29, 1.82) is 0 Å². The van der Waals surface area contributed by atoms with Crippen LogP contribution < -0.4 is 0 Å². The average Bonchev–Trinajstić information content (AvgIpc) is 3.53. The molecule has 0 aliphatic carbocycles. The first-order valence-electron chi connectivity index (χ1n) is 12.2. The Balaban J connectivity index is 1.37. The number of hydrogen-bond acceptors (Lipinski definition) is 4. The number of halogens is 1. The third-order valence-electron chi connectivity index (χ3n) is 7.14. The number of rotatable bonds is 5. The van der Waals surface area contributed by atoms with Gasteiger partial charge in [-0.1, -0.05) is 54.1 Å². The van der Waals surface area contributed by atoms with Crippen LogP contribution >= 0.6 is 11.6 Å². The smallest absolute Gasteiger partial charge is 0.182 e. The summed E-state index contributed by atoms with van der Waals surface area (Å²) in [7, 11) is 0. The quantitative estimate of drug-likeness (QED) is 0.381. The standard InChI is InChI=1S/C27H29ClN6/c28-24-13-5-4-12-23(24)26-30-27(25-14-6-10-21-16-29-19-33(21)25)34(31-26)22-11-7-15-32(18-22)17-20-8-2-1-3-9-20/h1-5,8-9,12-13,16,19,22,25H,6-7,10-11,14-15,17-18H2. The molecule has 1 fully saturated rings. The van der Waals surface area contributed by atoms with Crippen molar-refractivity contribution in [3.8, 4) is 11.4 Å². The molecule has 0 bridgehead atoms. The van der Waals surface area contributed by atoms with Crippen LogP contribution in [-0.2, 0) is 13.0 Å². The zero-order valence-electron chi connectivity index (χ0n) is 19.2. The highest BCUT2D eigenvalue weighted by Crippen LogP contribution is 2.35. The zero-order valence-corrected chi connectivity index (χ0v) is 20.0. The van der Waals surface area contributed by atoms with Crippen LogP contribution in [0.2, 0.25) is 5.02 Å². The second-order valence-electron chi connectivity index (χ2n) is 9.44. The van der Waals surface area contributed by atoms with Crippen molar-refractivity contribution in [2.45, 2.75) is 50.7 Å². The van der Waals surface area contributed by atoms with Crippen LogP contribution in [0.1, 0.15) is 54.8 Å². The number of piperidine rings is 1. The van der Waals surface area contributed by atoms with Crippen LogP contribution in [-0.4, -0.2) is 42.3 Å². The number of fused-ring (bicyclic) bond motifs is 1. The predicted molar refractivity (Wildman–Crippen MR) is 134 cm³/mol. The first-order chi connectivity index (χ1) is 16.8. The number of aromatic nitrogens is 5. The van der Waals surface area contributed by atoms with Crippen molar-refractivity contribution in [2.24, 2.45) is 0 Å². The molecule has 0 N–H and O–H groups in total. The Morgan fingerprint density at radius 3 is 2.71 bits per heavy atom. The van der Waals surface area contributed by atoms with Gasteiger partial charge in [-0.25, -0.2) is 14.6 Å². The van der Waals surface area contributed by atoms with Gasteiger partial charge in [0, 0.05) is 30.5 Å². The van der Waals surface area contributed by atoms with Gasteiger partial charge in [0.25, 0.3) is 0 Å². The highest BCUT2D eigenvalue weighted by molar-refractivity contribution is 6.33. The molecule has 0 radical (unpaired) electrons.